The van der Waals surface area contributed by atoms with Crippen molar-refractivity contribution < 1.29 is 9.53 Å². The van der Waals surface area contributed by atoms with E-state index >= 15 is 0 Å². The van der Waals surface area contributed by atoms with E-state index < -0.39 is 0 Å². The molecule has 0 aliphatic carbocycles. The Morgan fingerprint density at radius 2 is 2.28 bits per heavy atom. The van der Waals surface area contributed by atoms with Gasteiger partial charge >= 0.3 is 0 Å². The molecule has 1 aromatic carbocycles. The predicted octanol–water partition coefficient (Wildman–Crippen LogP) is 2.54. The van der Waals surface area contributed by atoms with E-state index in [1.807, 2.05) is 24.3 Å². The van der Waals surface area contributed by atoms with Gasteiger partial charge in [-0.2, -0.15) is 4.98 Å². The highest BCUT2D eigenvalue weighted by Crippen LogP contribution is 2.36. The van der Waals surface area contributed by atoms with E-state index in [0.29, 0.717) is 28.0 Å². The fourth-order valence-electron chi connectivity index (χ4n) is 2.94. The van der Waals surface area contributed by atoms with Crippen molar-refractivity contribution in [1.82, 2.24) is 9.55 Å². The van der Waals surface area contributed by atoms with Gasteiger partial charge in [0.1, 0.15) is 11.6 Å². The summed E-state index contributed by atoms with van der Waals surface area (Å²) in [5, 5.41) is 3.38. The van der Waals surface area contributed by atoms with Gasteiger partial charge in [-0.05, 0) is 17.7 Å². The Hall–Kier alpha value is -2.54. The number of aromatic nitrogens is 2. The SMILES string of the molecule is C=CCSc1nc(=O)c2c(n1C)NC(=O)CC2c1cccc(OC)c1. The minimum atomic E-state index is -0.344. The zero-order valence-electron chi connectivity index (χ0n) is 14.1. The van der Waals surface area contributed by atoms with Crippen LogP contribution in [0.2, 0.25) is 0 Å². The first kappa shape index (κ1) is 17.3. The minimum absolute atomic E-state index is 0.124. The van der Waals surface area contributed by atoms with Crippen LogP contribution >= 0.6 is 11.8 Å². The number of methoxy groups -OCH3 is 1. The molecule has 0 bridgehead atoms. The van der Waals surface area contributed by atoms with Gasteiger partial charge in [-0.1, -0.05) is 30.0 Å². The van der Waals surface area contributed by atoms with Crippen LogP contribution in [0.5, 0.6) is 5.75 Å². The van der Waals surface area contributed by atoms with Crippen molar-refractivity contribution in [3.8, 4) is 5.75 Å². The largest absolute Gasteiger partial charge is 0.497 e. The number of amides is 1. The topological polar surface area (TPSA) is 73.2 Å². The van der Waals surface area contributed by atoms with Gasteiger partial charge in [0.15, 0.2) is 5.16 Å². The highest BCUT2D eigenvalue weighted by molar-refractivity contribution is 7.99. The zero-order valence-corrected chi connectivity index (χ0v) is 14.9. The molecule has 1 atom stereocenters. The lowest BCUT2D eigenvalue weighted by Gasteiger charge is -2.27. The van der Waals surface area contributed by atoms with Crippen LogP contribution in [0.15, 0.2) is 46.9 Å². The van der Waals surface area contributed by atoms with Crippen molar-refractivity contribution in [2.75, 3.05) is 18.2 Å². The second kappa shape index (κ2) is 7.14. The third-order valence-electron chi connectivity index (χ3n) is 4.13. The number of hydrogen-bond donors (Lipinski definition) is 1. The number of thioether (sulfide) groups is 1. The van der Waals surface area contributed by atoms with Crippen molar-refractivity contribution in [1.29, 1.82) is 0 Å². The number of rotatable bonds is 5. The molecule has 0 saturated heterocycles. The maximum Gasteiger partial charge on any atom is 0.279 e. The van der Waals surface area contributed by atoms with E-state index in [1.165, 1.54) is 11.8 Å². The summed E-state index contributed by atoms with van der Waals surface area (Å²) in [5.74, 6) is 1.36. The van der Waals surface area contributed by atoms with Crippen LogP contribution in [0.25, 0.3) is 0 Å². The molecule has 0 saturated carbocycles. The number of carbonyl (C=O) groups is 1. The van der Waals surface area contributed by atoms with Crippen LogP contribution in [-0.2, 0) is 11.8 Å². The van der Waals surface area contributed by atoms with E-state index in [4.69, 9.17) is 4.74 Å². The van der Waals surface area contributed by atoms with Gasteiger partial charge in [0.05, 0.1) is 12.7 Å². The molecule has 1 amide bonds. The Balaban J connectivity index is 2.14. The summed E-state index contributed by atoms with van der Waals surface area (Å²) in [6, 6.07) is 7.44. The van der Waals surface area contributed by atoms with Crippen LogP contribution in [0.3, 0.4) is 0 Å². The Morgan fingerprint density at radius 1 is 1.48 bits per heavy atom. The molecule has 0 fully saturated rings. The molecule has 1 aromatic heterocycles. The third-order valence-corrected chi connectivity index (χ3v) is 5.15. The normalized spacial score (nSPS) is 16.1. The number of nitrogens with zero attached hydrogens (tertiary/aromatic N) is 2. The summed E-state index contributed by atoms with van der Waals surface area (Å²) >= 11 is 1.40. The second-order valence-electron chi connectivity index (χ2n) is 5.70. The van der Waals surface area contributed by atoms with Gasteiger partial charge in [-0.3, -0.25) is 9.59 Å². The maximum atomic E-state index is 12.7. The van der Waals surface area contributed by atoms with Crippen LogP contribution in [-0.4, -0.2) is 28.3 Å². The van der Waals surface area contributed by atoms with Crippen molar-refractivity contribution >= 4 is 23.5 Å². The first-order valence-electron chi connectivity index (χ1n) is 7.83. The quantitative estimate of drug-likeness (QED) is 0.506. The molecule has 1 aliphatic heterocycles. The molecule has 130 valence electrons. The van der Waals surface area contributed by atoms with Crippen LogP contribution < -0.4 is 15.6 Å². The smallest absolute Gasteiger partial charge is 0.279 e. The third kappa shape index (κ3) is 3.32. The van der Waals surface area contributed by atoms with Crippen molar-refractivity contribution in [3.05, 3.63) is 58.4 Å². The van der Waals surface area contributed by atoms with E-state index in [9.17, 15) is 9.59 Å². The molecule has 1 N–H and O–H groups in total. The fraction of sp³-hybridized carbons (Fsp3) is 0.278. The summed E-state index contributed by atoms with van der Waals surface area (Å²) in [4.78, 5) is 29.2. The van der Waals surface area contributed by atoms with Gasteiger partial charge < -0.3 is 14.6 Å². The average Bonchev–Trinajstić information content (AvgIpc) is 2.62. The number of anilines is 1. The van der Waals surface area contributed by atoms with Crippen molar-refractivity contribution in [2.45, 2.75) is 17.5 Å². The molecule has 25 heavy (non-hydrogen) atoms. The van der Waals surface area contributed by atoms with Gasteiger partial charge in [0.25, 0.3) is 5.56 Å². The standard InChI is InChI=1S/C18H19N3O3S/c1-4-8-25-18-20-17(23)15-13(10-14(22)19-16(15)21(18)2)11-6-5-7-12(9-11)24-3/h4-7,9,13H,1,8,10H2,2-3H3,(H,19,22). The molecule has 7 heteroatoms. The molecule has 1 aliphatic rings. The van der Waals surface area contributed by atoms with E-state index in [2.05, 4.69) is 16.9 Å². The maximum absolute atomic E-state index is 12.7. The van der Waals surface area contributed by atoms with Gasteiger partial charge in [-0.25, -0.2) is 0 Å². The lowest BCUT2D eigenvalue weighted by atomic mass is 9.86. The number of nitrogens with one attached hydrogen (secondary N) is 1. The van der Waals surface area contributed by atoms with E-state index in [-0.39, 0.29) is 23.8 Å². The average molecular weight is 357 g/mol. The summed E-state index contributed by atoms with van der Waals surface area (Å²) in [6.07, 6.45) is 1.95. The summed E-state index contributed by atoms with van der Waals surface area (Å²) < 4.78 is 7.02. The molecule has 1 unspecified atom stereocenters. The molecule has 2 aromatic rings. The highest BCUT2D eigenvalue weighted by atomic mass is 32.2. The number of hydrogen-bond acceptors (Lipinski definition) is 5. The van der Waals surface area contributed by atoms with E-state index in [0.717, 1.165) is 5.56 Å². The molecular formula is C18H19N3O3S. The molecule has 0 spiro atoms. The fourth-order valence-corrected chi connectivity index (χ4v) is 3.64. The monoisotopic (exact) mass is 357 g/mol. The number of carbonyl (C=O) groups excluding carboxylic acids is 1. The number of benzene rings is 1. The Bertz CT molecular complexity index is 892. The Kier molecular flexibility index (Phi) is 4.94. The molecule has 6 nitrogen and oxygen atoms in total. The molecule has 3 rings (SSSR count). The lowest BCUT2D eigenvalue weighted by Crippen LogP contribution is -2.33. The summed E-state index contributed by atoms with van der Waals surface area (Å²) in [7, 11) is 3.38. The second-order valence-corrected chi connectivity index (χ2v) is 6.69. The van der Waals surface area contributed by atoms with Crippen molar-refractivity contribution in [3.63, 3.8) is 0 Å². The molecule has 2 heterocycles. The predicted molar refractivity (Wildman–Crippen MR) is 98.5 cm³/mol. The van der Waals surface area contributed by atoms with Gasteiger partial charge in [0.2, 0.25) is 5.91 Å². The number of ether oxygens (including phenoxy) is 1. The number of fused-ring (bicyclic) bond motifs is 1. The zero-order chi connectivity index (χ0) is 18.0. The molecule has 0 radical (unpaired) electrons. The first-order chi connectivity index (χ1) is 12.0. The summed E-state index contributed by atoms with van der Waals surface area (Å²) in [6.45, 7) is 3.68. The van der Waals surface area contributed by atoms with Crippen LogP contribution in [0.1, 0.15) is 23.5 Å². The summed E-state index contributed by atoms with van der Waals surface area (Å²) in [5.41, 5.74) is 1.06. The van der Waals surface area contributed by atoms with Crippen molar-refractivity contribution in [2.24, 2.45) is 7.05 Å². The molecular weight excluding hydrogens is 338 g/mol. The van der Waals surface area contributed by atoms with Crippen LogP contribution in [0.4, 0.5) is 5.82 Å². The minimum Gasteiger partial charge on any atom is -0.497 e. The Morgan fingerprint density at radius 3 is 3.00 bits per heavy atom. The van der Waals surface area contributed by atoms with Gasteiger partial charge in [-0.15, -0.1) is 6.58 Å². The van der Waals surface area contributed by atoms with Crippen LogP contribution in [0, 0.1) is 0 Å². The lowest BCUT2D eigenvalue weighted by molar-refractivity contribution is -0.116. The Labute approximate surface area is 149 Å². The van der Waals surface area contributed by atoms with Gasteiger partial charge in [0, 0.05) is 25.1 Å². The highest BCUT2D eigenvalue weighted by Gasteiger charge is 2.32. The van der Waals surface area contributed by atoms with E-state index in [1.54, 1.807) is 24.8 Å². The first-order valence-corrected chi connectivity index (χ1v) is 8.82.